The third-order valence-electron chi connectivity index (χ3n) is 8.89. The van der Waals surface area contributed by atoms with Crippen molar-refractivity contribution in [3.63, 3.8) is 0 Å². The number of benzene rings is 5. The number of fused-ring (bicyclic) bond motifs is 2. The van der Waals surface area contributed by atoms with Crippen molar-refractivity contribution in [3.05, 3.63) is 103 Å². The van der Waals surface area contributed by atoms with Crippen molar-refractivity contribution in [3.8, 4) is 11.7 Å². The maximum atomic E-state index is 12.8. The number of anilines is 3. The van der Waals surface area contributed by atoms with Gasteiger partial charge >= 0.3 is 17.9 Å². The van der Waals surface area contributed by atoms with Crippen LogP contribution in [0.1, 0.15) is 16.2 Å². The number of nitrogens with zero attached hydrogens (tertiary/aromatic N) is 8. The number of hydrogen-bond acceptors (Lipinski definition) is 21. The molecule has 0 fully saturated rings. The standard InChI is InChI=1S/C36H26N10O15S4/c1-17-38-35(41-36(39-17)46-12-4-6-19(16-46)34(48)49)40-24-15-21(9-11-26(24)63(51,52)53)42-45-31-27(64(54,55)56)14-20-13-25(62-61-60-50)30(32(47)28(20)29(31)37)44-43-23-10-8-18-5-2-3-7-22(18)33(23)65(57,58)59/h2-16H,1H3,(H8-,37,38,39,40,41,42,43,47,48,49,50,51,52,53,54,55,56,57,58,59)/p+1. The number of rotatable bonds is 14. The van der Waals surface area contributed by atoms with Gasteiger partial charge in [0.2, 0.25) is 5.82 Å². The molecule has 0 saturated carbocycles. The van der Waals surface area contributed by atoms with E-state index in [1.165, 1.54) is 60.3 Å². The van der Waals surface area contributed by atoms with Gasteiger partial charge in [0.25, 0.3) is 30.4 Å². The van der Waals surface area contributed by atoms with Gasteiger partial charge in [-0.1, -0.05) is 40.4 Å². The lowest BCUT2D eigenvalue weighted by molar-refractivity contribution is -0.603. The van der Waals surface area contributed by atoms with Crippen LogP contribution >= 0.6 is 12.0 Å². The fourth-order valence-electron chi connectivity index (χ4n) is 6.20. The number of hydrogen-bond donors (Lipinski definition) is 8. The van der Waals surface area contributed by atoms with Crippen molar-refractivity contribution in [2.75, 3.05) is 11.1 Å². The first kappa shape index (κ1) is 45.8. The van der Waals surface area contributed by atoms with Crippen LogP contribution in [0.25, 0.3) is 27.5 Å². The molecule has 29 heteroatoms. The largest absolute Gasteiger partial charge is 0.505 e. The number of phenols is 1. The summed E-state index contributed by atoms with van der Waals surface area (Å²) in [7, 11) is -15.1. The molecule has 7 aromatic rings. The summed E-state index contributed by atoms with van der Waals surface area (Å²) in [6.07, 6.45) is 2.65. The van der Waals surface area contributed by atoms with Crippen LogP contribution in [-0.2, 0) is 39.7 Å². The Hall–Kier alpha value is -7.19. The van der Waals surface area contributed by atoms with Crippen molar-refractivity contribution < 1.29 is 73.1 Å². The summed E-state index contributed by atoms with van der Waals surface area (Å²) in [5, 5.41) is 51.9. The lowest BCUT2D eigenvalue weighted by atomic mass is 10.1. The molecule has 7 rings (SSSR count). The third-order valence-corrected chi connectivity index (χ3v) is 12.2. The highest BCUT2D eigenvalue weighted by Gasteiger charge is 2.27. The predicted molar refractivity (Wildman–Crippen MR) is 225 cm³/mol. The fraction of sp³-hybridized carbons (Fsp3) is 0.0278. The highest BCUT2D eigenvalue weighted by molar-refractivity contribution is 7.94. The second-order valence-electron chi connectivity index (χ2n) is 13.1. The molecule has 9 N–H and O–H groups in total. The normalized spacial score (nSPS) is 12.4. The second-order valence-corrected chi connectivity index (χ2v) is 18.0. The Balaban J connectivity index is 1.34. The van der Waals surface area contributed by atoms with Crippen LogP contribution in [-0.4, -0.2) is 75.3 Å². The predicted octanol–water partition coefficient (Wildman–Crippen LogP) is 6.49. The zero-order valence-electron chi connectivity index (χ0n) is 32.3. The lowest BCUT2D eigenvalue weighted by Gasteiger charge is -2.14. The molecule has 0 bridgehead atoms. The van der Waals surface area contributed by atoms with E-state index in [2.05, 4.69) is 50.1 Å². The van der Waals surface area contributed by atoms with Gasteiger partial charge < -0.3 is 21.3 Å². The van der Waals surface area contributed by atoms with Crippen molar-refractivity contribution in [2.24, 2.45) is 20.5 Å². The molecule has 0 aliphatic carbocycles. The molecule has 0 aliphatic heterocycles. The molecule has 334 valence electrons. The summed E-state index contributed by atoms with van der Waals surface area (Å²) >= 11 is 0.211. The van der Waals surface area contributed by atoms with Gasteiger partial charge in [-0.05, 0) is 64.3 Å². The second kappa shape index (κ2) is 17.8. The Labute approximate surface area is 368 Å². The summed E-state index contributed by atoms with van der Waals surface area (Å²) in [6.45, 7) is 1.46. The average molecular weight is 968 g/mol. The van der Waals surface area contributed by atoms with E-state index in [1.54, 1.807) is 12.1 Å². The van der Waals surface area contributed by atoms with Crippen molar-refractivity contribution in [1.82, 2.24) is 15.0 Å². The molecule has 0 saturated heterocycles. The Morgan fingerprint density at radius 3 is 2.22 bits per heavy atom. The van der Waals surface area contributed by atoms with Gasteiger partial charge in [0.15, 0.2) is 5.75 Å². The van der Waals surface area contributed by atoms with Gasteiger partial charge in [-0.3, -0.25) is 13.7 Å². The smallest absolute Gasteiger partial charge is 0.442 e. The first-order valence-corrected chi connectivity index (χ1v) is 22.6. The van der Waals surface area contributed by atoms with Crippen molar-refractivity contribution >= 4 is 110 Å². The number of nitrogen functional groups attached to an aromatic ring is 1. The number of nitrogens with two attached hydrogens (primary N) is 1. The summed E-state index contributed by atoms with van der Waals surface area (Å²) in [5.41, 5.74) is 3.29. The van der Waals surface area contributed by atoms with E-state index in [9.17, 15) is 53.9 Å². The number of phenolic OH excluding ortho intramolecular Hbond substituents is 1. The number of carboxylic acid groups (broad SMARTS) is 1. The number of carbonyl (C=O) groups is 1. The fourth-order valence-corrected chi connectivity index (χ4v) is 8.84. The number of pyridine rings is 1. The number of aromatic nitrogens is 4. The average Bonchev–Trinajstić information content (AvgIpc) is 3.23. The SMILES string of the molecule is Cc1nc(Nc2cc(N=Nc3c(S(=O)(=O)O)cc4cc(SOOO)c(N=Nc5ccc6ccccc6c5S(=O)(=O)O)c(O)c4c3N)ccc2S(=O)(=O)O)nc(-[n+]2cccc(C(=O)O)c2)n1. The van der Waals surface area contributed by atoms with E-state index >= 15 is 0 Å². The van der Waals surface area contributed by atoms with Crippen LogP contribution in [0.4, 0.5) is 40.1 Å². The van der Waals surface area contributed by atoms with Crippen LogP contribution < -0.4 is 15.6 Å². The molecule has 2 aromatic heterocycles. The van der Waals surface area contributed by atoms with Gasteiger partial charge in [0.1, 0.15) is 31.7 Å². The Morgan fingerprint density at radius 1 is 0.800 bits per heavy atom. The summed E-state index contributed by atoms with van der Waals surface area (Å²) in [4.78, 5) is 21.5. The summed E-state index contributed by atoms with van der Waals surface area (Å²) < 4.78 is 112. The highest BCUT2D eigenvalue weighted by Crippen LogP contribution is 2.50. The molecule has 25 nitrogen and oxygen atoms in total. The van der Waals surface area contributed by atoms with Crippen LogP contribution in [0.15, 0.2) is 131 Å². The molecule has 0 amide bonds. The number of aryl methyl sites for hydroxylation is 1. The van der Waals surface area contributed by atoms with Gasteiger partial charge in [-0.15, -0.1) is 19.7 Å². The topological polar surface area (TPSA) is 389 Å². The van der Waals surface area contributed by atoms with Crippen LogP contribution in [0.2, 0.25) is 0 Å². The Bertz CT molecular complexity index is 3520. The molecular weight excluding hydrogens is 941 g/mol. The van der Waals surface area contributed by atoms with E-state index < -0.39 is 85.2 Å². The van der Waals surface area contributed by atoms with E-state index in [0.717, 1.165) is 30.3 Å². The monoisotopic (exact) mass is 967 g/mol. The van der Waals surface area contributed by atoms with Crippen molar-refractivity contribution in [2.45, 2.75) is 26.5 Å². The van der Waals surface area contributed by atoms with Crippen LogP contribution in [0.5, 0.6) is 5.75 Å². The zero-order valence-corrected chi connectivity index (χ0v) is 35.6. The molecule has 2 heterocycles. The van der Waals surface area contributed by atoms with Crippen LogP contribution in [0, 0.1) is 6.92 Å². The summed E-state index contributed by atoms with van der Waals surface area (Å²) in [5.74, 6) is -2.41. The van der Waals surface area contributed by atoms with Gasteiger partial charge in [-0.25, -0.2) is 14.6 Å². The van der Waals surface area contributed by atoms with Gasteiger partial charge in [0.05, 0.1) is 57.3 Å². The van der Waals surface area contributed by atoms with Gasteiger partial charge in [0, 0.05) is 12.3 Å². The first-order valence-electron chi connectivity index (χ1n) is 17.6. The minimum Gasteiger partial charge on any atom is -0.505 e. The van der Waals surface area contributed by atoms with Crippen LogP contribution in [0.3, 0.4) is 0 Å². The van der Waals surface area contributed by atoms with Gasteiger partial charge in [-0.2, -0.15) is 35.4 Å². The van der Waals surface area contributed by atoms with E-state index in [4.69, 9.17) is 11.0 Å². The molecular formula is C36H27N10O15S4+. The molecule has 65 heavy (non-hydrogen) atoms. The summed E-state index contributed by atoms with van der Waals surface area (Å²) in [6, 6.07) is 16.4. The molecule has 0 unspecified atom stereocenters. The molecule has 0 radical (unpaired) electrons. The maximum absolute atomic E-state index is 12.8. The first-order chi connectivity index (χ1) is 30.6. The quantitative estimate of drug-likeness (QED) is 0.0110. The Kier molecular flexibility index (Phi) is 12.5. The minimum atomic E-state index is -5.22. The lowest BCUT2D eigenvalue weighted by Crippen LogP contribution is -2.34. The Morgan fingerprint density at radius 2 is 1.52 bits per heavy atom. The maximum Gasteiger partial charge on any atom is 0.442 e. The number of nitrogens with one attached hydrogen (secondary N) is 1. The number of azo groups is 2. The zero-order chi connectivity index (χ0) is 47.0. The minimum absolute atomic E-state index is 0.0722. The van der Waals surface area contributed by atoms with E-state index in [1.807, 2.05) is 0 Å². The number of carboxylic acids is 1. The molecule has 0 atom stereocenters. The molecule has 5 aromatic carbocycles. The highest BCUT2D eigenvalue weighted by atomic mass is 32.2. The number of aromatic hydroxyl groups is 1. The number of aromatic carboxylic acids is 1. The molecule has 0 aliphatic rings. The van der Waals surface area contributed by atoms with E-state index in [0.29, 0.717) is 5.39 Å². The van der Waals surface area contributed by atoms with E-state index in [-0.39, 0.29) is 62.1 Å². The van der Waals surface area contributed by atoms with Crippen molar-refractivity contribution in [1.29, 1.82) is 0 Å². The third kappa shape index (κ3) is 9.82. The molecule has 0 spiro atoms.